The minimum atomic E-state index is 0.281. The van der Waals surface area contributed by atoms with Gasteiger partial charge in [-0.2, -0.15) is 0 Å². The van der Waals surface area contributed by atoms with E-state index in [4.69, 9.17) is 0 Å². The molecule has 0 N–H and O–H groups in total. The largest absolute Gasteiger partial charge is 0.306 e. The molecule has 2 heterocycles. The molecule has 0 amide bonds. The van der Waals surface area contributed by atoms with Gasteiger partial charge in [-0.3, -0.25) is 9.88 Å². The number of hydrogen-bond acceptors (Lipinski definition) is 3. The van der Waals surface area contributed by atoms with Gasteiger partial charge < -0.3 is 4.57 Å². The van der Waals surface area contributed by atoms with Crippen molar-refractivity contribution in [3.8, 4) is 5.69 Å². The van der Waals surface area contributed by atoms with Crippen LogP contribution in [0.4, 0.5) is 0 Å². The van der Waals surface area contributed by atoms with Gasteiger partial charge in [-0.05, 0) is 56.3 Å². The normalized spacial score (nSPS) is 12.5. The molecule has 0 aliphatic carbocycles. The zero-order valence-corrected chi connectivity index (χ0v) is 13.8. The Bertz CT molecular complexity index is 750. The van der Waals surface area contributed by atoms with Crippen molar-refractivity contribution in [3.63, 3.8) is 0 Å². The van der Waals surface area contributed by atoms with Gasteiger partial charge in [-0.15, -0.1) is 0 Å². The number of pyridine rings is 1. The molecule has 0 fully saturated rings. The number of nitrogens with zero attached hydrogens (tertiary/aromatic N) is 4. The van der Waals surface area contributed by atoms with Crippen LogP contribution in [0.1, 0.15) is 29.8 Å². The average Bonchev–Trinajstić information content (AvgIpc) is 3.11. The highest BCUT2D eigenvalue weighted by atomic mass is 15.1. The molecule has 0 aliphatic rings. The van der Waals surface area contributed by atoms with Crippen LogP contribution in [0.5, 0.6) is 0 Å². The Labute approximate surface area is 137 Å². The quantitative estimate of drug-likeness (QED) is 0.719. The zero-order chi connectivity index (χ0) is 16.2. The van der Waals surface area contributed by atoms with Crippen LogP contribution in [0.15, 0.2) is 61.3 Å². The Morgan fingerprint density at radius 2 is 2.04 bits per heavy atom. The lowest BCUT2D eigenvalue weighted by Gasteiger charge is -2.25. The summed E-state index contributed by atoms with van der Waals surface area (Å²) < 4.78 is 2.02. The molecular weight excluding hydrogens is 284 g/mol. The first kappa shape index (κ1) is 15.4. The van der Waals surface area contributed by atoms with Crippen molar-refractivity contribution in [2.24, 2.45) is 0 Å². The molecule has 3 aromatic rings. The Kier molecular flexibility index (Phi) is 4.53. The number of benzene rings is 1. The molecule has 4 heteroatoms. The third-order valence-electron chi connectivity index (χ3n) is 4.33. The molecule has 0 saturated carbocycles. The van der Waals surface area contributed by atoms with E-state index in [1.165, 1.54) is 11.1 Å². The Morgan fingerprint density at radius 1 is 1.17 bits per heavy atom. The summed E-state index contributed by atoms with van der Waals surface area (Å²) in [5.74, 6) is 0. The van der Waals surface area contributed by atoms with E-state index in [1.54, 1.807) is 6.20 Å². The number of hydrogen-bond donors (Lipinski definition) is 0. The van der Waals surface area contributed by atoms with Gasteiger partial charge in [-0.25, -0.2) is 4.98 Å². The van der Waals surface area contributed by atoms with Gasteiger partial charge in [0.15, 0.2) is 0 Å². The third kappa shape index (κ3) is 3.48. The summed E-state index contributed by atoms with van der Waals surface area (Å²) in [7, 11) is 2.14. The maximum absolute atomic E-state index is 4.46. The van der Waals surface area contributed by atoms with Crippen LogP contribution in [0, 0.1) is 6.92 Å². The van der Waals surface area contributed by atoms with Gasteiger partial charge in [0.05, 0.1) is 12.0 Å². The van der Waals surface area contributed by atoms with E-state index < -0.39 is 0 Å². The highest BCUT2D eigenvalue weighted by Crippen LogP contribution is 2.21. The summed E-state index contributed by atoms with van der Waals surface area (Å²) in [5, 5.41) is 0. The zero-order valence-electron chi connectivity index (χ0n) is 13.8. The lowest BCUT2D eigenvalue weighted by molar-refractivity contribution is 0.248. The molecule has 23 heavy (non-hydrogen) atoms. The van der Waals surface area contributed by atoms with E-state index in [-0.39, 0.29) is 6.04 Å². The standard InChI is InChI=1S/C19H22N4/c1-15-12-18(23-11-10-20-14-23)8-7-17(15)13-22(3)16(2)19-6-4-5-9-21-19/h4-12,14,16H,13H2,1-3H3. The summed E-state index contributed by atoms with van der Waals surface area (Å²) in [6, 6.07) is 12.9. The highest BCUT2D eigenvalue weighted by Gasteiger charge is 2.14. The van der Waals surface area contributed by atoms with Crippen molar-refractivity contribution in [2.45, 2.75) is 26.4 Å². The maximum Gasteiger partial charge on any atom is 0.0991 e. The van der Waals surface area contributed by atoms with Crippen molar-refractivity contribution in [1.82, 2.24) is 19.4 Å². The first-order valence-electron chi connectivity index (χ1n) is 7.84. The van der Waals surface area contributed by atoms with Crippen LogP contribution in [-0.2, 0) is 6.54 Å². The summed E-state index contributed by atoms with van der Waals surface area (Å²) >= 11 is 0. The number of rotatable bonds is 5. The molecule has 1 aromatic carbocycles. The van der Waals surface area contributed by atoms with Gasteiger partial charge in [0, 0.05) is 36.9 Å². The van der Waals surface area contributed by atoms with E-state index in [9.17, 15) is 0 Å². The second-order valence-corrected chi connectivity index (χ2v) is 5.93. The van der Waals surface area contributed by atoms with Crippen LogP contribution in [0.3, 0.4) is 0 Å². The second kappa shape index (κ2) is 6.75. The summed E-state index contributed by atoms with van der Waals surface area (Å²) in [6.07, 6.45) is 7.43. The lowest BCUT2D eigenvalue weighted by Crippen LogP contribution is -2.23. The van der Waals surface area contributed by atoms with Crippen molar-refractivity contribution < 1.29 is 0 Å². The van der Waals surface area contributed by atoms with Crippen molar-refractivity contribution in [3.05, 3.63) is 78.1 Å². The highest BCUT2D eigenvalue weighted by molar-refractivity contribution is 5.40. The van der Waals surface area contributed by atoms with E-state index >= 15 is 0 Å². The SMILES string of the molecule is Cc1cc(-n2ccnc2)ccc1CN(C)C(C)c1ccccn1. The molecular formula is C19H22N4. The predicted octanol–water partition coefficient (Wildman–Crippen LogP) is 3.77. The monoisotopic (exact) mass is 306 g/mol. The molecule has 2 aromatic heterocycles. The number of aryl methyl sites for hydroxylation is 1. The fourth-order valence-electron chi connectivity index (χ4n) is 2.68. The maximum atomic E-state index is 4.46. The van der Waals surface area contributed by atoms with E-state index in [1.807, 2.05) is 35.4 Å². The van der Waals surface area contributed by atoms with Gasteiger partial charge >= 0.3 is 0 Å². The summed E-state index contributed by atoms with van der Waals surface area (Å²) in [6.45, 7) is 5.25. The van der Waals surface area contributed by atoms with E-state index in [0.29, 0.717) is 0 Å². The van der Waals surface area contributed by atoms with Gasteiger partial charge in [0.2, 0.25) is 0 Å². The topological polar surface area (TPSA) is 34.0 Å². The number of imidazole rings is 1. The van der Waals surface area contributed by atoms with Crippen molar-refractivity contribution in [2.75, 3.05) is 7.05 Å². The van der Waals surface area contributed by atoms with Crippen LogP contribution in [0.25, 0.3) is 5.69 Å². The first-order chi connectivity index (χ1) is 11.1. The first-order valence-corrected chi connectivity index (χ1v) is 7.84. The molecule has 4 nitrogen and oxygen atoms in total. The fourth-order valence-corrected chi connectivity index (χ4v) is 2.68. The van der Waals surface area contributed by atoms with Crippen LogP contribution >= 0.6 is 0 Å². The molecule has 0 radical (unpaired) electrons. The molecule has 1 atom stereocenters. The minimum Gasteiger partial charge on any atom is -0.306 e. The molecule has 0 bridgehead atoms. The van der Waals surface area contributed by atoms with E-state index in [2.05, 4.69) is 60.0 Å². The molecule has 0 spiro atoms. The Morgan fingerprint density at radius 3 is 2.70 bits per heavy atom. The summed E-state index contributed by atoms with van der Waals surface area (Å²) in [5.41, 5.74) is 4.86. The van der Waals surface area contributed by atoms with Crippen LogP contribution in [-0.4, -0.2) is 26.5 Å². The Hall–Kier alpha value is -2.46. The number of aromatic nitrogens is 3. The van der Waals surface area contributed by atoms with Crippen LogP contribution < -0.4 is 0 Å². The third-order valence-corrected chi connectivity index (χ3v) is 4.33. The molecule has 1 unspecified atom stereocenters. The summed E-state index contributed by atoms with van der Waals surface area (Å²) in [4.78, 5) is 10.9. The van der Waals surface area contributed by atoms with Crippen LogP contribution in [0.2, 0.25) is 0 Å². The smallest absolute Gasteiger partial charge is 0.0991 e. The molecule has 0 saturated heterocycles. The van der Waals surface area contributed by atoms with Gasteiger partial charge in [0.1, 0.15) is 0 Å². The van der Waals surface area contributed by atoms with Gasteiger partial charge in [-0.1, -0.05) is 12.1 Å². The lowest BCUT2D eigenvalue weighted by atomic mass is 10.1. The fraction of sp³-hybridized carbons (Fsp3) is 0.263. The predicted molar refractivity (Wildman–Crippen MR) is 92.4 cm³/mol. The van der Waals surface area contributed by atoms with Crippen molar-refractivity contribution >= 4 is 0 Å². The molecule has 118 valence electrons. The minimum absolute atomic E-state index is 0.281. The van der Waals surface area contributed by atoms with Crippen molar-refractivity contribution in [1.29, 1.82) is 0 Å². The van der Waals surface area contributed by atoms with Gasteiger partial charge in [0.25, 0.3) is 0 Å². The second-order valence-electron chi connectivity index (χ2n) is 5.93. The Balaban J connectivity index is 1.75. The average molecular weight is 306 g/mol. The van der Waals surface area contributed by atoms with E-state index in [0.717, 1.165) is 17.9 Å². The molecule has 3 rings (SSSR count). The molecule has 0 aliphatic heterocycles.